The molecule has 374 valence electrons. The summed E-state index contributed by atoms with van der Waals surface area (Å²) in [5.41, 5.74) is -10.7. The number of Topliss-reactive ketones (excluding diaryl/α,β-unsaturated/α-hetero) is 1. The molecule has 7 rings (SSSR count). The first-order valence-corrected chi connectivity index (χ1v) is 23.3. The van der Waals surface area contributed by atoms with E-state index >= 15 is 26.3 Å². The number of epoxide rings is 1. The summed E-state index contributed by atoms with van der Waals surface area (Å²) in [5.74, 6) is -6.24. The van der Waals surface area contributed by atoms with Gasteiger partial charge in [-0.05, 0) is 74.0 Å². The molecular weight excluding hydrogens is 899 g/mol. The molecule has 10 nitrogen and oxygen atoms in total. The number of ketones is 1. The second-order valence-corrected chi connectivity index (χ2v) is 21.7. The Labute approximate surface area is 394 Å². The van der Waals surface area contributed by atoms with Gasteiger partial charge in [0.2, 0.25) is 0 Å². The van der Waals surface area contributed by atoms with E-state index in [2.05, 4.69) is 6.92 Å². The molecule has 0 radical (unpaired) electrons. The third kappa shape index (κ3) is 7.81. The first-order valence-electron chi connectivity index (χ1n) is 23.3. The summed E-state index contributed by atoms with van der Waals surface area (Å²) in [6.45, 7) is 16.5. The number of fused-ring (bicyclic) bond motifs is 5. The number of alkyl halides is 6. The first kappa shape index (κ1) is 51.6. The van der Waals surface area contributed by atoms with Crippen molar-refractivity contribution in [3.05, 3.63) is 82.9 Å². The van der Waals surface area contributed by atoms with Crippen molar-refractivity contribution in [2.75, 3.05) is 14.2 Å². The van der Waals surface area contributed by atoms with Crippen molar-refractivity contribution in [1.29, 1.82) is 0 Å². The fraction of sp³-hybridized carbons (Fsp3) is 0.654. The van der Waals surface area contributed by atoms with Crippen molar-refractivity contribution < 1.29 is 73.9 Å². The quantitative estimate of drug-likeness (QED) is 0.0629. The minimum absolute atomic E-state index is 0.00657. The van der Waals surface area contributed by atoms with Crippen LogP contribution < -0.4 is 0 Å². The van der Waals surface area contributed by atoms with E-state index in [-0.39, 0.29) is 24.9 Å². The molecule has 0 spiro atoms. The normalized spacial score (nSPS) is 33.4. The van der Waals surface area contributed by atoms with E-state index in [0.29, 0.717) is 32.1 Å². The van der Waals surface area contributed by atoms with Gasteiger partial charge < -0.3 is 28.4 Å². The number of allylic oxidation sites excluding steroid dienone is 1. The predicted molar refractivity (Wildman–Crippen MR) is 235 cm³/mol. The van der Waals surface area contributed by atoms with Crippen molar-refractivity contribution in [1.82, 2.24) is 0 Å². The van der Waals surface area contributed by atoms with Crippen LogP contribution in [0.4, 0.5) is 26.3 Å². The average molecular weight is 963 g/mol. The first-order chi connectivity index (χ1) is 31.4. The van der Waals surface area contributed by atoms with Gasteiger partial charge in [0, 0.05) is 56.4 Å². The smallest absolute Gasteiger partial charge is 0.432 e. The molecule has 0 unspecified atom stereocenters. The van der Waals surface area contributed by atoms with E-state index in [1.165, 1.54) is 43.3 Å². The van der Waals surface area contributed by atoms with Gasteiger partial charge in [0.25, 0.3) is 11.2 Å². The van der Waals surface area contributed by atoms with Gasteiger partial charge in [-0.25, -0.2) is 9.59 Å². The number of carbonyl (C=O) groups is 4. The summed E-state index contributed by atoms with van der Waals surface area (Å²) in [6, 6.07) is 12.8. The van der Waals surface area contributed by atoms with Crippen molar-refractivity contribution in [2.45, 2.75) is 161 Å². The number of benzene rings is 2. The van der Waals surface area contributed by atoms with Crippen molar-refractivity contribution in [3.8, 4) is 0 Å². The summed E-state index contributed by atoms with van der Waals surface area (Å²) in [6.07, 6.45) is -12.4. The van der Waals surface area contributed by atoms with Crippen LogP contribution in [0.2, 0.25) is 0 Å². The highest BCUT2D eigenvalue weighted by Crippen LogP contribution is 2.75. The number of esters is 3. The molecule has 12 atom stereocenters. The third-order valence-corrected chi connectivity index (χ3v) is 17.3. The SMILES string of the molecule is CO[C@](C(=O)O[C@H]1CC2=C([C@H](C)C[C@H](OC(C)=O)[C@H]3OC3(C)C)CC[C@]2(C)[C@@]2(C)CC[C@H]3C(C)(C)[C@H](OC(=O)[C@@](OC)(c4ccccc4)C(F)(F)F)C(=O)C[C@]3(C)[C@H]12)(c1ccccc1)C(F)(F)F. The number of rotatable bonds is 13. The van der Waals surface area contributed by atoms with Gasteiger partial charge in [0.1, 0.15) is 18.3 Å². The summed E-state index contributed by atoms with van der Waals surface area (Å²) >= 11 is 0. The maximum Gasteiger partial charge on any atom is 0.432 e. The summed E-state index contributed by atoms with van der Waals surface area (Å²) in [5, 5.41) is 0. The minimum atomic E-state index is -5.31. The number of ether oxygens (including phenoxy) is 6. The van der Waals surface area contributed by atoms with Gasteiger partial charge in [-0.1, -0.05) is 113 Å². The van der Waals surface area contributed by atoms with Crippen LogP contribution in [0.15, 0.2) is 71.8 Å². The van der Waals surface area contributed by atoms with Crippen LogP contribution in [0.3, 0.4) is 0 Å². The molecule has 68 heavy (non-hydrogen) atoms. The molecule has 1 saturated heterocycles. The minimum Gasteiger partial charge on any atom is -0.460 e. The largest absolute Gasteiger partial charge is 0.460 e. The van der Waals surface area contributed by atoms with E-state index in [0.717, 1.165) is 49.6 Å². The predicted octanol–water partition coefficient (Wildman–Crippen LogP) is 10.7. The van der Waals surface area contributed by atoms with Crippen LogP contribution in [0.1, 0.15) is 118 Å². The Hall–Kier alpha value is -4.28. The van der Waals surface area contributed by atoms with E-state index < -0.39 is 116 Å². The highest BCUT2D eigenvalue weighted by molar-refractivity contribution is 5.91. The van der Waals surface area contributed by atoms with Crippen molar-refractivity contribution in [2.24, 2.45) is 39.4 Å². The molecule has 16 heteroatoms. The molecule has 5 aliphatic rings. The van der Waals surface area contributed by atoms with Crippen LogP contribution >= 0.6 is 0 Å². The topological polar surface area (TPSA) is 127 Å². The van der Waals surface area contributed by atoms with E-state index in [1.807, 2.05) is 34.6 Å². The Balaban J connectivity index is 1.33. The highest BCUT2D eigenvalue weighted by atomic mass is 19.4. The van der Waals surface area contributed by atoms with E-state index in [4.69, 9.17) is 28.4 Å². The Morgan fingerprint density at radius 2 is 1.28 bits per heavy atom. The summed E-state index contributed by atoms with van der Waals surface area (Å²) < 4.78 is 126. The summed E-state index contributed by atoms with van der Waals surface area (Å²) in [7, 11) is 1.54. The fourth-order valence-electron chi connectivity index (χ4n) is 14.0. The van der Waals surface area contributed by atoms with Gasteiger partial charge in [0.05, 0.1) is 5.60 Å². The summed E-state index contributed by atoms with van der Waals surface area (Å²) in [4.78, 5) is 56.0. The van der Waals surface area contributed by atoms with Gasteiger partial charge in [0.15, 0.2) is 11.9 Å². The Morgan fingerprint density at radius 1 is 0.779 bits per heavy atom. The molecule has 2 aromatic rings. The lowest BCUT2D eigenvalue weighted by molar-refractivity contribution is -0.288. The second-order valence-electron chi connectivity index (χ2n) is 21.7. The second kappa shape index (κ2) is 17.2. The number of hydrogen-bond acceptors (Lipinski definition) is 10. The van der Waals surface area contributed by atoms with Crippen LogP contribution in [0, 0.1) is 39.4 Å². The van der Waals surface area contributed by atoms with Crippen LogP contribution in [-0.2, 0) is 58.8 Å². The Morgan fingerprint density at radius 3 is 1.74 bits per heavy atom. The lowest BCUT2D eigenvalue weighted by Gasteiger charge is -2.69. The third-order valence-electron chi connectivity index (χ3n) is 17.3. The standard InChI is InChI=1S/C52H64F6O10/c1-29(26-37(65-30(2)59)41-45(5,6)68-41)33-22-24-47(8)34(33)27-36(66-42(61)49(63-10,51(53,54)55)31-18-14-12-15-19-31)39-46(7)28-35(60)40(44(3,4)38(46)23-25-48(39,47)9)67-43(62)50(64-11,52(56,57)58)32-20-16-13-17-21-32/h12-21,29,36-41H,22-28H2,1-11H3/t29-,36+,37+,38+,39+,40-,41-,46+,47+,48+,49+,50+/m1/s1. The molecule has 0 aromatic heterocycles. The molecule has 4 fully saturated rings. The monoisotopic (exact) mass is 962 g/mol. The van der Waals surface area contributed by atoms with Crippen LogP contribution in [0.25, 0.3) is 0 Å². The lowest BCUT2D eigenvalue weighted by Crippen LogP contribution is -2.69. The van der Waals surface area contributed by atoms with Crippen molar-refractivity contribution in [3.63, 3.8) is 0 Å². The number of hydrogen-bond donors (Lipinski definition) is 0. The fourth-order valence-corrected chi connectivity index (χ4v) is 14.0. The van der Waals surface area contributed by atoms with Crippen molar-refractivity contribution >= 4 is 23.7 Å². The zero-order valence-electron chi connectivity index (χ0n) is 40.6. The molecule has 3 saturated carbocycles. The Kier molecular flexibility index (Phi) is 13.1. The molecule has 0 bridgehead atoms. The molecular formula is C52H64F6O10. The molecule has 0 N–H and O–H groups in total. The maximum absolute atomic E-state index is 15.5. The number of methoxy groups -OCH3 is 2. The zero-order valence-corrected chi connectivity index (χ0v) is 40.6. The van der Waals surface area contributed by atoms with Gasteiger partial charge in [-0.3, -0.25) is 9.59 Å². The van der Waals surface area contributed by atoms with Gasteiger partial charge >= 0.3 is 30.3 Å². The molecule has 0 amide bonds. The number of halogens is 6. The van der Waals surface area contributed by atoms with E-state index in [1.54, 1.807) is 13.8 Å². The van der Waals surface area contributed by atoms with Crippen LogP contribution in [-0.4, -0.2) is 80.3 Å². The highest BCUT2D eigenvalue weighted by Gasteiger charge is 2.74. The number of carbonyl (C=O) groups excluding carboxylic acids is 4. The molecule has 1 aliphatic heterocycles. The maximum atomic E-state index is 15.5. The Bertz CT molecular complexity index is 2310. The lowest BCUT2D eigenvalue weighted by atomic mass is 9.35. The zero-order chi connectivity index (χ0) is 50.4. The van der Waals surface area contributed by atoms with Crippen LogP contribution in [0.5, 0.6) is 0 Å². The van der Waals surface area contributed by atoms with Gasteiger partial charge in [-0.2, -0.15) is 26.3 Å². The molecule has 1 heterocycles. The molecule has 4 aliphatic carbocycles. The van der Waals surface area contributed by atoms with Gasteiger partial charge in [-0.15, -0.1) is 0 Å². The average Bonchev–Trinajstić information content (AvgIpc) is 3.73. The van der Waals surface area contributed by atoms with E-state index in [9.17, 15) is 19.2 Å². The molecule has 2 aromatic carbocycles.